The molecule has 10 aromatic rings. The zero-order valence-corrected chi connectivity index (χ0v) is 35.4. The number of nitrogens with one attached hydrogen (secondary N) is 1. The minimum Gasteiger partial charge on any atom is -0.381 e. The van der Waals surface area contributed by atoms with Gasteiger partial charge in [0.05, 0.1) is 11.0 Å². The van der Waals surface area contributed by atoms with Crippen molar-refractivity contribution in [2.75, 3.05) is 15.1 Å². The summed E-state index contributed by atoms with van der Waals surface area (Å²) in [6, 6.07) is 86.0. The number of nitrogens with zero attached hydrogens (tertiary/aromatic N) is 3. The Morgan fingerprint density at radius 1 is 0.453 bits per heavy atom. The monoisotopic (exact) mass is 822 g/mol. The molecule has 1 aromatic heterocycles. The summed E-state index contributed by atoms with van der Waals surface area (Å²) in [6.07, 6.45) is 3.54. The van der Waals surface area contributed by atoms with Crippen LogP contribution in [0.2, 0.25) is 0 Å². The smallest absolute Gasteiger partial charge is 0.0542 e. The second kappa shape index (κ2) is 16.0. The van der Waals surface area contributed by atoms with Gasteiger partial charge < -0.3 is 19.7 Å². The van der Waals surface area contributed by atoms with Gasteiger partial charge in [-0.3, -0.25) is 0 Å². The molecule has 1 aliphatic heterocycles. The van der Waals surface area contributed by atoms with Crippen molar-refractivity contribution in [3.63, 3.8) is 0 Å². The van der Waals surface area contributed by atoms with Crippen LogP contribution in [0.5, 0.6) is 0 Å². The molecule has 4 nitrogen and oxygen atoms in total. The first kappa shape index (κ1) is 37.7. The van der Waals surface area contributed by atoms with Crippen LogP contribution in [0.4, 0.5) is 34.1 Å². The second-order valence-electron chi connectivity index (χ2n) is 17.0. The van der Waals surface area contributed by atoms with Crippen LogP contribution in [-0.4, -0.2) is 10.6 Å². The van der Waals surface area contributed by atoms with E-state index in [0.29, 0.717) is 5.92 Å². The van der Waals surface area contributed by atoms with Crippen LogP contribution in [0.25, 0.3) is 38.6 Å². The minimum atomic E-state index is 0.168. The minimum absolute atomic E-state index is 0.168. The number of hydrogen-bond donors (Lipinski definition) is 1. The van der Waals surface area contributed by atoms with E-state index in [1.807, 2.05) is 0 Å². The molecule has 0 bridgehead atoms. The number of fused-ring (bicyclic) bond motifs is 6. The zero-order valence-electron chi connectivity index (χ0n) is 35.4. The Morgan fingerprint density at radius 3 is 1.75 bits per heavy atom. The summed E-state index contributed by atoms with van der Waals surface area (Å²) in [5.74, 6) is 0.473. The first-order valence-corrected chi connectivity index (χ1v) is 22.4. The molecule has 1 aliphatic carbocycles. The molecule has 2 aliphatic rings. The van der Waals surface area contributed by atoms with E-state index in [9.17, 15) is 0 Å². The van der Waals surface area contributed by atoms with Gasteiger partial charge in [-0.1, -0.05) is 152 Å². The molecule has 0 fully saturated rings. The van der Waals surface area contributed by atoms with Crippen LogP contribution in [0.15, 0.2) is 248 Å². The van der Waals surface area contributed by atoms with Crippen LogP contribution in [-0.2, 0) is 0 Å². The Labute approximate surface area is 374 Å². The molecule has 1 N–H and O–H groups in total. The van der Waals surface area contributed by atoms with Crippen molar-refractivity contribution < 1.29 is 0 Å². The summed E-state index contributed by atoms with van der Waals surface area (Å²) in [4.78, 5) is 4.85. The van der Waals surface area contributed by atoms with Gasteiger partial charge in [-0.05, 0) is 120 Å². The van der Waals surface area contributed by atoms with Crippen LogP contribution in [0, 0.1) is 0 Å². The second-order valence-corrected chi connectivity index (χ2v) is 17.0. The summed E-state index contributed by atoms with van der Waals surface area (Å²) in [5, 5.41) is 6.44. The van der Waals surface area contributed by atoms with E-state index in [4.69, 9.17) is 0 Å². The largest absolute Gasteiger partial charge is 0.381 e. The van der Waals surface area contributed by atoms with Crippen LogP contribution in [0.3, 0.4) is 0 Å². The average molecular weight is 823 g/mol. The standard InChI is InChI=1S/C60H46N4/c1-5-17-45(18-6-1)61-56-40-55-52-26-14-16-28-58(52)64(48-23-11-4-12-24-48)60(55)41-53(56)44-31-29-42(30-32-44)43-33-35-49(36-34-43)62(46-19-7-2-8-20-46)50-37-38-59-54(39-50)51-25-13-15-27-57(51)63(59)47-21-9-3-10-22-47/h1-39,41,53,55-56,61H,40H2. The van der Waals surface area contributed by atoms with Gasteiger partial charge in [0, 0.05) is 74.2 Å². The van der Waals surface area contributed by atoms with E-state index < -0.39 is 0 Å². The topological polar surface area (TPSA) is 23.4 Å². The Morgan fingerprint density at radius 2 is 1.02 bits per heavy atom. The van der Waals surface area contributed by atoms with Gasteiger partial charge >= 0.3 is 0 Å². The fraction of sp³-hybridized carbons (Fsp3) is 0.0667. The molecule has 4 heteroatoms. The first-order chi connectivity index (χ1) is 31.7. The third-order valence-corrected chi connectivity index (χ3v) is 13.3. The van der Waals surface area contributed by atoms with Gasteiger partial charge in [-0.15, -0.1) is 0 Å². The Balaban J connectivity index is 0.888. The summed E-state index contributed by atoms with van der Waals surface area (Å²) in [7, 11) is 0. The lowest BCUT2D eigenvalue weighted by Gasteiger charge is -2.36. The lowest BCUT2D eigenvalue weighted by atomic mass is 9.76. The van der Waals surface area contributed by atoms with Crippen molar-refractivity contribution in [1.29, 1.82) is 0 Å². The van der Waals surface area contributed by atoms with Gasteiger partial charge in [0.25, 0.3) is 0 Å². The molecule has 306 valence electrons. The molecular formula is C60H46N4. The summed E-state index contributed by atoms with van der Waals surface area (Å²) in [6.45, 7) is 0. The highest BCUT2D eigenvalue weighted by atomic mass is 15.2. The molecule has 9 aromatic carbocycles. The van der Waals surface area contributed by atoms with Crippen LogP contribution < -0.4 is 15.1 Å². The van der Waals surface area contributed by atoms with Gasteiger partial charge in [-0.25, -0.2) is 0 Å². The summed E-state index contributed by atoms with van der Waals surface area (Å²) < 4.78 is 2.37. The molecule has 0 saturated heterocycles. The molecule has 3 unspecified atom stereocenters. The number of anilines is 6. The highest BCUT2D eigenvalue weighted by molar-refractivity contribution is 6.10. The summed E-state index contributed by atoms with van der Waals surface area (Å²) in [5.41, 5.74) is 17.0. The van der Waals surface area contributed by atoms with Crippen molar-refractivity contribution >= 4 is 55.9 Å². The quantitative estimate of drug-likeness (QED) is 0.157. The predicted molar refractivity (Wildman–Crippen MR) is 268 cm³/mol. The maximum atomic E-state index is 3.98. The highest BCUT2D eigenvalue weighted by Crippen LogP contribution is 2.54. The number of aromatic nitrogens is 1. The normalized spacial score (nSPS) is 16.6. The van der Waals surface area contributed by atoms with E-state index >= 15 is 0 Å². The molecule has 0 spiro atoms. The van der Waals surface area contributed by atoms with Crippen molar-refractivity contribution in [3.8, 4) is 16.8 Å². The average Bonchev–Trinajstić information content (AvgIpc) is 3.87. The van der Waals surface area contributed by atoms with Gasteiger partial charge in [0.15, 0.2) is 0 Å². The number of benzene rings is 9. The van der Waals surface area contributed by atoms with Crippen molar-refractivity contribution in [3.05, 3.63) is 259 Å². The van der Waals surface area contributed by atoms with Gasteiger partial charge in [-0.2, -0.15) is 0 Å². The molecule has 0 saturated carbocycles. The lowest BCUT2D eigenvalue weighted by Crippen LogP contribution is -2.33. The number of allylic oxidation sites excluding steroid dienone is 1. The maximum absolute atomic E-state index is 3.98. The maximum Gasteiger partial charge on any atom is 0.0542 e. The van der Waals surface area contributed by atoms with Crippen molar-refractivity contribution in [1.82, 2.24) is 4.57 Å². The van der Waals surface area contributed by atoms with Crippen molar-refractivity contribution in [2.24, 2.45) is 0 Å². The fourth-order valence-electron chi connectivity index (χ4n) is 10.4. The van der Waals surface area contributed by atoms with E-state index in [-0.39, 0.29) is 12.0 Å². The fourth-order valence-corrected chi connectivity index (χ4v) is 10.4. The number of para-hydroxylation sites is 6. The van der Waals surface area contributed by atoms with Gasteiger partial charge in [0.2, 0.25) is 0 Å². The van der Waals surface area contributed by atoms with E-state index in [0.717, 1.165) is 34.9 Å². The van der Waals surface area contributed by atoms with Crippen LogP contribution in [0.1, 0.15) is 29.4 Å². The Kier molecular flexibility index (Phi) is 9.41. The molecule has 0 amide bonds. The van der Waals surface area contributed by atoms with Crippen LogP contribution >= 0.6 is 0 Å². The highest BCUT2D eigenvalue weighted by Gasteiger charge is 2.41. The first-order valence-electron chi connectivity index (χ1n) is 22.4. The molecular weight excluding hydrogens is 777 g/mol. The SMILES string of the molecule is C1=C2C(CC(Nc3ccccc3)C1c1ccc(-c3ccc(N(c4ccccc4)c4ccc5c(c4)c4ccccc4n5-c4ccccc4)cc3)cc1)c1ccccc1N2c1ccccc1. The van der Waals surface area contributed by atoms with Crippen molar-refractivity contribution in [2.45, 2.75) is 24.3 Å². The number of hydrogen-bond acceptors (Lipinski definition) is 3. The van der Waals surface area contributed by atoms with E-state index in [2.05, 4.69) is 262 Å². The third kappa shape index (κ3) is 6.63. The molecule has 64 heavy (non-hydrogen) atoms. The molecule has 12 rings (SSSR count). The lowest BCUT2D eigenvalue weighted by molar-refractivity contribution is 0.526. The molecule has 3 atom stereocenters. The molecule has 0 radical (unpaired) electrons. The predicted octanol–water partition coefficient (Wildman–Crippen LogP) is 15.7. The zero-order chi connectivity index (χ0) is 42.4. The van der Waals surface area contributed by atoms with Gasteiger partial charge in [0.1, 0.15) is 0 Å². The number of rotatable bonds is 9. The summed E-state index contributed by atoms with van der Waals surface area (Å²) >= 11 is 0. The molecule has 2 heterocycles. The Bertz CT molecular complexity index is 3270. The van der Waals surface area contributed by atoms with E-state index in [1.54, 1.807) is 0 Å². The third-order valence-electron chi connectivity index (χ3n) is 13.3. The Hall–Kier alpha value is -8.08. The van der Waals surface area contributed by atoms with E-state index in [1.165, 1.54) is 61.1 Å².